The summed E-state index contributed by atoms with van der Waals surface area (Å²) in [6, 6.07) is 4.13. The highest BCUT2D eigenvalue weighted by molar-refractivity contribution is 5.11. The molecule has 1 aliphatic heterocycles. The summed E-state index contributed by atoms with van der Waals surface area (Å²) in [6.45, 7) is 7.27. The zero-order valence-corrected chi connectivity index (χ0v) is 10.9. The summed E-state index contributed by atoms with van der Waals surface area (Å²) < 4.78 is 11.6. The first-order valence-electron chi connectivity index (χ1n) is 6.76. The molecule has 2 unspecified atom stereocenters. The van der Waals surface area contributed by atoms with Crippen LogP contribution in [0.2, 0.25) is 0 Å². The lowest BCUT2D eigenvalue weighted by Crippen LogP contribution is -2.25. The number of aryl methyl sites for hydroxylation is 1. The Morgan fingerprint density at radius 3 is 2.94 bits per heavy atom. The summed E-state index contributed by atoms with van der Waals surface area (Å²) in [4.78, 5) is 0. The molecule has 1 fully saturated rings. The van der Waals surface area contributed by atoms with E-state index in [1.807, 2.05) is 0 Å². The second kappa shape index (κ2) is 6.22. The third-order valence-corrected chi connectivity index (χ3v) is 3.36. The largest absolute Gasteiger partial charge is 0.463 e. The maximum atomic E-state index is 5.81. The van der Waals surface area contributed by atoms with Gasteiger partial charge >= 0.3 is 0 Å². The van der Waals surface area contributed by atoms with Crippen molar-refractivity contribution < 1.29 is 9.15 Å². The fourth-order valence-corrected chi connectivity index (χ4v) is 2.36. The molecule has 2 rings (SSSR count). The van der Waals surface area contributed by atoms with Gasteiger partial charge in [0.2, 0.25) is 0 Å². The first kappa shape index (κ1) is 12.7. The predicted molar refractivity (Wildman–Crippen MR) is 68.0 cm³/mol. The molecular formula is C14H23NO2. The van der Waals surface area contributed by atoms with Gasteiger partial charge in [-0.3, -0.25) is 0 Å². The Labute approximate surface area is 104 Å². The quantitative estimate of drug-likeness (QED) is 0.772. The highest BCUT2D eigenvalue weighted by Crippen LogP contribution is 2.35. The van der Waals surface area contributed by atoms with Gasteiger partial charge in [0.05, 0.1) is 0 Å². The average molecular weight is 237 g/mol. The molecule has 2 atom stereocenters. The number of furan rings is 1. The Morgan fingerprint density at radius 1 is 1.35 bits per heavy atom. The lowest BCUT2D eigenvalue weighted by atomic mass is 10.00. The first-order chi connectivity index (χ1) is 8.35. The van der Waals surface area contributed by atoms with Crippen molar-refractivity contribution in [2.45, 2.75) is 39.2 Å². The van der Waals surface area contributed by atoms with Gasteiger partial charge in [-0.1, -0.05) is 13.8 Å². The Balaban J connectivity index is 1.94. The van der Waals surface area contributed by atoms with Crippen molar-refractivity contribution in [2.24, 2.45) is 5.92 Å². The molecule has 3 nitrogen and oxygen atoms in total. The van der Waals surface area contributed by atoms with Gasteiger partial charge in [0.15, 0.2) is 0 Å². The van der Waals surface area contributed by atoms with Crippen LogP contribution in [0.5, 0.6) is 0 Å². The maximum absolute atomic E-state index is 5.81. The molecule has 0 saturated carbocycles. The summed E-state index contributed by atoms with van der Waals surface area (Å²) in [6.07, 6.45) is 3.41. The smallest absolute Gasteiger partial charge is 0.133 e. The molecule has 0 aromatic carbocycles. The van der Waals surface area contributed by atoms with Crippen molar-refractivity contribution in [3.8, 4) is 0 Å². The maximum Gasteiger partial charge on any atom is 0.133 e. The molecule has 96 valence electrons. The molecule has 1 aromatic rings. The zero-order valence-electron chi connectivity index (χ0n) is 10.9. The molecule has 1 aromatic heterocycles. The number of hydrogen-bond donors (Lipinski definition) is 1. The van der Waals surface area contributed by atoms with Crippen molar-refractivity contribution in [1.29, 1.82) is 0 Å². The van der Waals surface area contributed by atoms with Crippen molar-refractivity contribution in [1.82, 2.24) is 5.32 Å². The van der Waals surface area contributed by atoms with Crippen LogP contribution in [0, 0.1) is 5.92 Å². The van der Waals surface area contributed by atoms with Crippen LogP contribution in [0.15, 0.2) is 16.5 Å². The Hall–Kier alpha value is -0.800. The fourth-order valence-electron chi connectivity index (χ4n) is 2.36. The lowest BCUT2D eigenvalue weighted by Gasteiger charge is -2.16. The second-order valence-corrected chi connectivity index (χ2v) is 4.70. The molecule has 0 spiro atoms. The van der Waals surface area contributed by atoms with E-state index in [1.165, 1.54) is 6.42 Å². The molecule has 0 aliphatic carbocycles. The van der Waals surface area contributed by atoms with Crippen LogP contribution in [0.25, 0.3) is 0 Å². The summed E-state index contributed by atoms with van der Waals surface area (Å²) in [5.74, 6) is 2.61. The zero-order chi connectivity index (χ0) is 12.1. The third-order valence-electron chi connectivity index (χ3n) is 3.36. The van der Waals surface area contributed by atoms with E-state index in [1.54, 1.807) is 0 Å². The molecule has 1 saturated heterocycles. The first-order valence-corrected chi connectivity index (χ1v) is 6.76. The molecule has 1 N–H and O–H groups in total. The Morgan fingerprint density at radius 2 is 2.24 bits per heavy atom. The SMILES string of the molecule is CCCNCC1CCOC1c1ccc(CC)o1. The van der Waals surface area contributed by atoms with Crippen LogP contribution >= 0.6 is 0 Å². The van der Waals surface area contributed by atoms with E-state index in [0.29, 0.717) is 5.92 Å². The van der Waals surface area contributed by atoms with Crippen LogP contribution in [0.3, 0.4) is 0 Å². The van der Waals surface area contributed by atoms with Gasteiger partial charge in [-0.15, -0.1) is 0 Å². The molecule has 2 heterocycles. The molecule has 17 heavy (non-hydrogen) atoms. The van der Waals surface area contributed by atoms with Crippen molar-refractivity contribution in [3.05, 3.63) is 23.7 Å². The number of hydrogen-bond acceptors (Lipinski definition) is 3. The van der Waals surface area contributed by atoms with E-state index in [0.717, 1.165) is 44.1 Å². The fraction of sp³-hybridized carbons (Fsp3) is 0.714. The molecular weight excluding hydrogens is 214 g/mol. The van der Waals surface area contributed by atoms with Gasteiger partial charge in [-0.05, 0) is 31.5 Å². The minimum absolute atomic E-state index is 0.152. The molecule has 3 heteroatoms. The molecule has 0 radical (unpaired) electrons. The van der Waals surface area contributed by atoms with E-state index >= 15 is 0 Å². The Bertz CT molecular complexity index is 335. The van der Waals surface area contributed by atoms with Gasteiger partial charge < -0.3 is 14.5 Å². The van der Waals surface area contributed by atoms with E-state index in [9.17, 15) is 0 Å². The second-order valence-electron chi connectivity index (χ2n) is 4.70. The Kier molecular flexibility index (Phi) is 4.63. The van der Waals surface area contributed by atoms with Crippen molar-refractivity contribution >= 4 is 0 Å². The number of rotatable bonds is 6. The number of nitrogens with one attached hydrogen (secondary N) is 1. The summed E-state index contributed by atoms with van der Waals surface area (Å²) >= 11 is 0. The van der Waals surface area contributed by atoms with E-state index in [2.05, 4.69) is 31.3 Å². The lowest BCUT2D eigenvalue weighted by molar-refractivity contribution is 0.0712. The summed E-state index contributed by atoms with van der Waals surface area (Å²) in [7, 11) is 0. The van der Waals surface area contributed by atoms with Gasteiger partial charge in [-0.25, -0.2) is 0 Å². The molecule has 1 aliphatic rings. The summed E-state index contributed by atoms with van der Waals surface area (Å²) in [5.41, 5.74) is 0. The summed E-state index contributed by atoms with van der Waals surface area (Å²) in [5, 5.41) is 3.48. The van der Waals surface area contributed by atoms with Gasteiger partial charge in [0.1, 0.15) is 17.6 Å². The normalized spacial score (nSPS) is 24.4. The predicted octanol–water partition coefficient (Wildman–Crippen LogP) is 2.92. The minimum Gasteiger partial charge on any atom is -0.463 e. The average Bonchev–Trinajstić information content (AvgIpc) is 2.96. The number of ether oxygens (including phenoxy) is 1. The highest BCUT2D eigenvalue weighted by Gasteiger charge is 2.31. The molecule has 0 bridgehead atoms. The van der Waals surface area contributed by atoms with E-state index in [-0.39, 0.29) is 6.10 Å². The topological polar surface area (TPSA) is 34.4 Å². The van der Waals surface area contributed by atoms with Gasteiger partial charge in [0.25, 0.3) is 0 Å². The standard InChI is InChI=1S/C14H23NO2/c1-3-8-15-10-11-7-9-16-14(11)13-6-5-12(4-2)17-13/h5-6,11,14-15H,3-4,7-10H2,1-2H3. The van der Waals surface area contributed by atoms with Gasteiger partial charge in [-0.2, -0.15) is 0 Å². The monoisotopic (exact) mass is 237 g/mol. The van der Waals surface area contributed by atoms with Crippen LogP contribution < -0.4 is 5.32 Å². The van der Waals surface area contributed by atoms with Crippen molar-refractivity contribution in [2.75, 3.05) is 19.7 Å². The van der Waals surface area contributed by atoms with Crippen LogP contribution in [0.4, 0.5) is 0 Å². The van der Waals surface area contributed by atoms with Crippen molar-refractivity contribution in [3.63, 3.8) is 0 Å². The third kappa shape index (κ3) is 3.11. The van der Waals surface area contributed by atoms with Gasteiger partial charge in [0, 0.05) is 25.5 Å². The van der Waals surface area contributed by atoms with Crippen LogP contribution in [0.1, 0.15) is 44.3 Å². The highest BCUT2D eigenvalue weighted by atomic mass is 16.5. The van der Waals surface area contributed by atoms with E-state index < -0.39 is 0 Å². The minimum atomic E-state index is 0.152. The molecule has 0 amide bonds. The van der Waals surface area contributed by atoms with Crippen LogP contribution in [-0.2, 0) is 11.2 Å². The van der Waals surface area contributed by atoms with Crippen LogP contribution in [-0.4, -0.2) is 19.7 Å². The van der Waals surface area contributed by atoms with E-state index in [4.69, 9.17) is 9.15 Å².